The molecule has 4 saturated heterocycles. The molecule has 0 N–H and O–H groups in total. The Bertz CT molecular complexity index is 197. The number of hydrogen-bond donors (Lipinski definition) is 0. The van der Waals surface area contributed by atoms with Crippen molar-refractivity contribution in [3.8, 4) is 0 Å². The van der Waals surface area contributed by atoms with Crippen molar-refractivity contribution in [3.05, 3.63) is 0 Å². The quantitative estimate of drug-likeness (QED) is 0.621. The molecule has 4 bridgehead atoms. The first-order chi connectivity index (χ1) is 5.57. The Hall–Kier alpha value is 0.880. The highest BCUT2D eigenvalue weighted by atomic mass is 79.9. The molecule has 2 nitrogen and oxygen atoms in total. The number of hydrogen-bond acceptors (Lipinski definition) is 2. The molecule has 4 heteroatoms. The van der Waals surface area contributed by atoms with E-state index in [0.717, 1.165) is 0 Å². The number of rotatable bonds is 0. The maximum Gasteiger partial charge on any atom is 0.0526 e. The Labute approximate surface area is 89.5 Å². The third kappa shape index (κ3) is 1.11. The lowest BCUT2D eigenvalue weighted by molar-refractivity contribution is -0.0371. The molecule has 12 heavy (non-hydrogen) atoms. The van der Waals surface area contributed by atoms with Crippen molar-refractivity contribution in [2.45, 2.75) is 15.1 Å². The highest BCUT2D eigenvalue weighted by Gasteiger charge is 2.54. The van der Waals surface area contributed by atoms with Crippen LogP contribution >= 0.6 is 31.9 Å². The molecule has 0 aromatic rings. The standard InChI is InChI=1S/C8H12Br2N2/c9-7-1-8(10)4-11(2-7)6-12(3-7)5-8/h1-6H2. The van der Waals surface area contributed by atoms with E-state index in [1.54, 1.807) is 0 Å². The normalized spacial score (nSPS) is 62.5. The van der Waals surface area contributed by atoms with Crippen LogP contribution in [0.15, 0.2) is 0 Å². The summed E-state index contributed by atoms with van der Waals surface area (Å²) in [7, 11) is 0. The van der Waals surface area contributed by atoms with Crippen molar-refractivity contribution in [2.24, 2.45) is 0 Å². The molecule has 0 atom stereocenters. The molecule has 0 unspecified atom stereocenters. The first-order valence-corrected chi connectivity index (χ1v) is 5.98. The predicted molar refractivity (Wildman–Crippen MR) is 55.9 cm³/mol. The first kappa shape index (κ1) is 8.21. The average Bonchev–Trinajstić information content (AvgIpc) is 1.75. The summed E-state index contributed by atoms with van der Waals surface area (Å²) >= 11 is 7.76. The van der Waals surface area contributed by atoms with E-state index >= 15 is 0 Å². The van der Waals surface area contributed by atoms with Gasteiger partial charge in [0.2, 0.25) is 0 Å². The summed E-state index contributed by atoms with van der Waals surface area (Å²) in [5.74, 6) is 0. The number of nitrogens with zero attached hydrogens (tertiary/aromatic N) is 2. The second kappa shape index (κ2) is 2.27. The van der Waals surface area contributed by atoms with Crippen LogP contribution in [0.1, 0.15) is 6.42 Å². The van der Waals surface area contributed by atoms with Crippen LogP contribution in [0.2, 0.25) is 0 Å². The molecule has 4 aliphatic heterocycles. The van der Waals surface area contributed by atoms with Gasteiger partial charge in [-0.15, -0.1) is 0 Å². The van der Waals surface area contributed by atoms with Gasteiger partial charge in [0.1, 0.15) is 0 Å². The molecule has 4 aliphatic rings. The molecular formula is C8H12Br2N2. The van der Waals surface area contributed by atoms with Crippen LogP contribution in [-0.4, -0.2) is 51.3 Å². The lowest BCUT2D eigenvalue weighted by Gasteiger charge is -2.60. The molecule has 4 heterocycles. The topological polar surface area (TPSA) is 6.48 Å². The van der Waals surface area contributed by atoms with E-state index in [9.17, 15) is 0 Å². The maximum absolute atomic E-state index is 3.88. The molecule has 0 spiro atoms. The van der Waals surface area contributed by atoms with Crippen molar-refractivity contribution in [3.63, 3.8) is 0 Å². The molecule has 0 radical (unpaired) electrons. The third-order valence-corrected chi connectivity index (χ3v) is 4.63. The second-order valence-electron chi connectivity index (χ2n) is 4.59. The van der Waals surface area contributed by atoms with E-state index in [0.29, 0.717) is 8.65 Å². The van der Waals surface area contributed by atoms with E-state index in [2.05, 4.69) is 41.7 Å². The Kier molecular flexibility index (Phi) is 1.55. The van der Waals surface area contributed by atoms with Crippen LogP contribution in [0.4, 0.5) is 0 Å². The molecule has 0 aromatic carbocycles. The smallest absolute Gasteiger partial charge is 0.0526 e. The van der Waals surface area contributed by atoms with Gasteiger partial charge in [-0.25, -0.2) is 0 Å². The fourth-order valence-electron chi connectivity index (χ4n) is 3.09. The number of halogens is 2. The van der Waals surface area contributed by atoms with Gasteiger partial charge in [0.25, 0.3) is 0 Å². The molecule has 68 valence electrons. The van der Waals surface area contributed by atoms with Crippen molar-refractivity contribution in [2.75, 3.05) is 32.8 Å². The summed E-state index contributed by atoms with van der Waals surface area (Å²) in [6.07, 6.45) is 1.28. The van der Waals surface area contributed by atoms with Crippen LogP contribution in [0.3, 0.4) is 0 Å². The highest BCUT2D eigenvalue weighted by Crippen LogP contribution is 2.47. The van der Waals surface area contributed by atoms with Gasteiger partial charge in [-0.1, -0.05) is 31.9 Å². The zero-order valence-electron chi connectivity index (χ0n) is 6.89. The van der Waals surface area contributed by atoms with Gasteiger partial charge in [-0.2, -0.15) is 0 Å². The van der Waals surface area contributed by atoms with E-state index in [1.807, 2.05) is 0 Å². The zero-order valence-corrected chi connectivity index (χ0v) is 10.1. The summed E-state index contributed by atoms with van der Waals surface area (Å²) in [4.78, 5) is 5.08. The zero-order chi connectivity index (χ0) is 8.40. The minimum Gasteiger partial charge on any atom is -0.288 e. The van der Waals surface area contributed by atoms with Crippen molar-refractivity contribution in [1.82, 2.24) is 9.80 Å². The SMILES string of the molecule is BrC12CN3CN(C1)CC(Br)(C3)C2. The van der Waals surface area contributed by atoms with E-state index < -0.39 is 0 Å². The summed E-state index contributed by atoms with van der Waals surface area (Å²) in [6.45, 7) is 6.11. The van der Waals surface area contributed by atoms with Crippen LogP contribution in [0.5, 0.6) is 0 Å². The largest absolute Gasteiger partial charge is 0.288 e. The van der Waals surface area contributed by atoms with Crippen LogP contribution < -0.4 is 0 Å². The average molecular weight is 296 g/mol. The van der Waals surface area contributed by atoms with Crippen molar-refractivity contribution >= 4 is 31.9 Å². The van der Waals surface area contributed by atoms with Crippen LogP contribution in [0, 0.1) is 0 Å². The lowest BCUT2D eigenvalue weighted by atomic mass is 9.82. The van der Waals surface area contributed by atoms with E-state index in [-0.39, 0.29) is 0 Å². The Morgan fingerprint density at radius 3 is 1.58 bits per heavy atom. The van der Waals surface area contributed by atoms with Crippen LogP contribution in [0.25, 0.3) is 0 Å². The fourth-order valence-corrected chi connectivity index (χ4v) is 5.96. The Balaban J connectivity index is 1.98. The minimum atomic E-state index is 0.380. The van der Waals surface area contributed by atoms with Gasteiger partial charge >= 0.3 is 0 Å². The summed E-state index contributed by atoms with van der Waals surface area (Å²) < 4.78 is 0.760. The molecule has 0 aromatic heterocycles. The molecular weight excluding hydrogens is 284 g/mol. The number of piperidine rings is 2. The molecule has 4 rings (SSSR count). The van der Waals surface area contributed by atoms with Gasteiger partial charge in [-0.05, 0) is 6.42 Å². The van der Waals surface area contributed by atoms with Gasteiger partial charge in [0.15, 0.2) is 0 Å². The summed E-state index contributed by atoms with van der Waals surface area (Å²) in [5.41, 5.74) is 0. The summed E-state index contributed by atoms with van der Waals surface area (Å²) in [5, 5.41) is 0. The van der Waals surface area contributed by atoms with Gasteiger partial charge in [0, 0.05) is 26.2 Å². The lowest BCUT2D eigenvalue weighted by Crippen LogP contribution is -2.73. The van der Waals surface area contributed by atoms with Gasteiger partial charge in [-0.3, -0.25) is 9.80 Å². The maximum atomic E-state index is 3.88. The predicted octanol–water partition coefficient (Wildman–Crippen LogP) is 1.25. The molecule has 0 amide bonds. The Morgan fingerprint density at radius 1 is 0.833 bits per heavy atom. The molecule has 0 aliphatic carbocycles. The fraction of sp³-hybridized carbons (Fsp3) is 1.00. The second-order valence-corrected chi connectivity index (χ2v) is 7.96. The van der Waals surface area contributed by atoms with Gasteiger partial charge in [0.05, 0.1) is 15.3 Å². The van der Waals surface area contributed by atoms with Crippen molar-refractivity contribution in [1.29, 1.82) is 0 Å². The third-order valence-electron chi connectivity index (χ3n) is 3.06. The molecule has 0 saturated carbocycles. The Morgan fingerprint density at radius 2 is 1.25 bits per heavy atom. The van der Waals surface area contributed by atoms with E-state index in [1.165, 1.54) is 39.3 Å². The molecule has 4 fully saturated rings. The van der Waals surface area contributed by atoms with Crippen molar-refractivity contribution < 1.29 is 0 Å². The van der Waals surface area contributed by atoms with Gasteiger partial charge < -0.3 is 0 Å². The number of alkyl halides is 2. The minimum absolute atomic E-state index is 0.380. The summed E-state index contributed by atoms with van der Waals surface area (Å²) in [6, 6.07) is 0. The highest BCUT2D eigenvalue weighted by molar-refractivity contribution is 9.10. The monoisotopic (exact) mass is 294 g/mol. The van der Waals surface area contributed by atoms with E-state index in [4.69, 9.17) is 0 Å². The first-order valence-electron chi connectivity index (χ1n) is 4.40. The van der Waals surface area contributed by atoms with Crippen LogP contribution in [-0.2, 0) is 0 Å².